The van der Waals surface area contributed by atoms with Crippen molar-refractivity contribution in [1.29, 1.82) is 0 Å². The number of thioether (sulfide) groups is 1. The van der Waals surface area contributed by atoms with Crippen LogP contribution in [-0.4, -0.2) is 36.6 Å². The quantitative estimate of drug-likeness (QED) is 0.209. The number of nitrogens with one attached hydrogen (secondary N) is 1. The molecular weight excluding hydrogens is 545 g/mol. The van der Waals surface area contributed by atoms with Gasteiger partial charge in [-0.3, -0.25) is 4.79 Å². The zero-order valence-electron chi connectivity index (χ0n) is 19.2. The molecule has 0 radical (unpaired) electrons. The summed E-state index contributed by atoms with van der Waals surface area (Å²) in [4.78, 5) is 20.7. The number of anilines is 1. The molecule has 2 N–H and O–H groups in total. The molecule has 1 amide bonds. The second-order valence-corrected chi connectivity index (χ2v) is 11.5. The first-order valence-corrected chi connectivity index (χ1v) is 13.2. The topological polar surface area (TPSA) is 93.6 Å². The van der Waals surface area contributed by atoms with E-state index in [4.69, 9.17) is 44.3 Å². The molecule has 1 aliphatic heterocycles. The van der Waals surface area contributed by atoms with Crippen molar-refractivity contribution < 1.29 is 19.4 Å². The summed E-state index contributed by atoms with van der Waals surface area (Å²) in [6.45, 7) is 2.05. The molecule has 3 aromatic rings. The average Bonchev–Trinajstić information content (AvgIpc) is 2.88. The molecule has 1 fully saturated rings. The van der Waals surface area contributed by atoms with E-state index in [0.29, 0.717) is 22.2 Å². The van der Waals surface area contributed by atoms with E-state index in [-0.39, 0.29) is 24.7 Å². The van der Waals surface area contributed by atoms with Gasteiger partial charge in [0, 0.05) is 35.3 Å². The lowest BCUT2D eigenvalue weighted by Gasteiger charge is -2.41. The summed E-state index contributed by atoms with van der Waals surface area (Å²) in [5, 5.41) is 12.7. The van der Waals surface area contributed by atoms with Gasteiger partial charge in [0.1, 0.15) is 0 Å². The highest BCUT2D eigenvalue weighted by Gasteiger charge is 2.38. The molecule has 1 saturated heterocycles. The van der Waals surface area contributed by atoms with Crippen LogP contribution in [0.5, 0.6) is 0 Å². The molecule has 4 unspecified atom stereocenters. The summed E-state index contributed by atoms with van der Waals surface area (Å²) in [7, 11) is 0. The third-order valence-corrected chi connectivity index (χ3v) is 7.20. The van der Waals surface area contributed by atoms with Crippen molar-refractivity contribution in [1.82, 2.24) is 9.97 Å². The van der Waals surface area contributed by atoms with Gasteiger partial charge in [-0.25, -0.2) is 9.97 Å². The van der Waals surface area contributed by atoms with Crippen LogP contribution in [0.15, 0.2) is 72.1 Å². The number of carbonyl (C=O) groups is 1. The third-order valence-electron chi connectivity index (χ3n) is 5.72. The minimum Gasteiger partial charge on any atom is -0.392 e. The number of ether oxygens (including phenoxy) is 2. The van der Waals surface area contributed by atoms with E-state index in [0.717, 1.165) is 11.1 Å². The predicted octanol–water partition coefficient (Wildman–Crippen LogP) is 5.86. The molecule has 4 atom stereocenters. The standard InChI is InChI=1S/C25H24Cl3N3O4S/c1-15-20(14-36-24-29-10-3-11-30-24)34-22(35-21(15)17-8-6-16(13-32)7-9-17)18-4-2-5-19(12-18)31-23(33)25(26,27)28/h2-12,15,20-22,32H,13-14H2,1H3,(H,31,33). The Kier molecular flexibility index (Phi) is 9.11. The van der Waals surface area contributed by atoms with Crippen molar-refractivity contribution in [3.63, 3.8) is 0 Å². The summed E-state index contributed by atoms with van der Waals surface area (Å²) in [6, 6.07) is 16.5. The van der Waals surface area contributed by atoms with E-state index >= 15 is 0 Å². The molecule has 36 heavy (non-hydrogen) atoms. The van der Waals surface area contributed by atoms with Crippen LogP contribution in [0.4, 0.5) is 5.69 Å². The molecule has 11 heteroatoms. The second-order valence-electron chi connectivity index (χ2n) is 8.24. The van der Waals surface area contributed by atoms with E-state index in [9.17, 15) is 9.90 Å². The van der Waals surface area contributed by atoms with Crippen molar-refractivity contribution >= 4 is 58.2 Å². The van der Waals surface area contributed by atoms with Gasteiger partial charge in [0.05, 0.1) is 18.8 Å². The van der Waals surface area contributed by atoms with Crippen LogP contribution >= 0.6 is 46.6 Å². The number of benzene rings is 2. The van der Waals surface area contributed by atoms with Gasteiger partial charge in [-0.1, -0.05) is 89.9 Å². The first-order chi connectivity index (χ1) is 17.2. The Hall–Kier alpha value is -1.91. The van der Waals surface area contributed by atoms with Gasteiger partial charge < -0.3 is 19.9 Å². The Morgan fingerprint density at radius 3 is 2.44 bits per heavy atom. The van der Waals surface area contributed by atoms with Crippen molar-refractivity contribution in [2.75, 3.05) is 11.1 Å². The molecule has 2 aromatic carbocycles. The lowest BCUT2D eigenvalue weighted by molar-refractivity contribution is -0.268. The zero-order valence-corrected chi connectivity index (χ0v) is 22.3. The second kappa shape index (κ2) is 12.1. The van der Waals surface area contributed by atoms with E-state index in [1.807, 2.05) is 30.3 Å². The summed E-state index contributed by atoms with van der Waals surface area (Å²) < 4.78 is 10.8. The number of aliphatic hydroxyl groups is 1. The Morgan fingerprint density at radius 1 is 1.06 bits per heavy atom. The van der Waals surface area contributed by atoms with Crippen molar-refractivity contribution in [3.05, 3.63) is 83.7 Å². The number of hydrogen-bond acceptors (Lipinski definition) is 7. The Balaban J connectivity index is 1.59. The van der Waals surface area contributed by atoms with Crippen LogP contribution in [0.2, 0.25) is 0 Å². The number of carbonyl (C=O) groups excluding carboxylic acids is 1. The van der Waals surface area contributed by atoms with Crippen LogP contribution in [0.25, 0.3) is 0 Å². The highest BCUT2D eigenvalue weighted by atomic mass is 35.6. The number of amides is 1. The smallest absolute Gasteiger partial charge is 0.276 e. The first-order valence-electron chi connectivity index (χ1n) is 11.1. The summed E-state index contributed by atoms with van der Waals surface area (Å²) in [5.74, 6) is -0.146. The third kappa shape index (κ3) is 6.89. The molecule has 4 rings (SSSR count). The predicted molar refractivity (Wildman–Crippen MR) is 141 cm³/mol. The summed E-state index contributed by atoms with van der Waals surface area (Å²) >= 11 is 18.6. The number of rotatable bonds is 7. The SMILES string of the molecule is CC1C(CSc2ncccn2)OC(c2cccc(NC(=O)C(Cl)(Cl)Cl)c2)OC1c1ccc(CO)cc1. The van der Waals surface area contributed by atoms with E-state index in [1.54, 1.807) is 36.7 Å². The zero-order chi connectivity index (χ0) is 25.7. The fourth-order valence-electron chi connectivity index (χ4n) is 3.79. The normalized spacial score (nSPS) is 22.2. The Bertz CT molecular complexity index is 1170. The number of hydrogen-bond donors (Lipinski definition) is 2. The number of aromatic nitrogens is 2. The van der Waals surface area contributed by atoms with E-state index in [2.05, 4.69) is 22.2 Å². The van der Waals surface area contributed by atoms with Crippen LogP contribution in [0.1, 0.15) is 36.0 Å². The fourth-order valence-corrected chi connectivity index (χ4v) is 4.90. The van der Waals surface area contributed by atoms with Gasteiger partial charge in [0.25, 0.3) is 9.70 Å². The van der Waals surface area contributed by atoms with Crippen LogP contribution < -0.4 is 5.32 Å². The highest BCUT2D eigenvalue weighted by molar-refractivity contribution is 7.99. The van der Waals surface area contributed by atoms with Crippen molar-refractivity contribution in [3.8, 4) is 0 Å². The molecule has 190 valence electrons. The maximum absolute atomic E-state index is 12.1. The van der Waals surface area contributed by atoms with Gasteiger partial charge in [-0.2, -0.15) is 0 Å². The maximum Gasteiger partial charge on any atom is 0.276 e. The minimum absolute atomic E-state index is 0.00434. The van der Waals surface area contributed by atoms with E-state index in [1.165, 1.54) is 11.8 Å². The summed E-state index contributed by atoms with van der Waals surface area (Å²) in [5.41, 5.74) is 2.94. The van der Waals surface area contributed by atoms with Crippen LogP contribution in [0, 0.1) is 5.92 Å². The molecule has 1 aromatic heterocycles. The summed E-state index contributed by atoms with van der Waals surface area (Å²) in [6.07, 6.45) is 2.22. The van der Waals surface area contributed by atoms with Crippen LogP contribution in [-0.2, 0) is 20.9 Å². The Morgan fingerprint density at radius 2 is 1.78 bits per heavy atom. The molecular formula is C25H24Cl3N3O4S. The molecule has 0 spiro atoms. The lowest BCUT2D eigenvalue weighted by atomic mass is 9.91. The van der Waals surface area contributed by atoms with Gasteiger partial charge in [-0.15, -0.1) is 0 Å². The minimum atomic E-state index is -2.09. The molecule has 0 bridgehead atoms. The first kappa shape index (κ1) is 27.1. The van der Waals surface area contributed by atoms with Crippen molar-refractivity contribution in [2.45, 2.75) is 41.0 Å². The highest BCUT2D eigenvalue weighted by Crippen LogP contribution is 2.43. The molecule has 1 aliphatic rings. The van der Waals surface area contributed by atoms with Crippen LogP contribution in [0.3, 0.4) is 0 Å². The van der Waals surface area contributed by atoms with Gasteiger partial charge in [0.2, 0.25) is 0 Å². The average molecular weight is 569 g/mol. The van der Waals surface area contributed by atoms with E-state index < -0.39 is 16.0 Å². The lowest BCUT2D eigenvalue weighted by Crippen LogP contribution is -2.38. The fraction of sp³-hybridized carbons (Fsp3) is 0.320. The van der Waals surface area contributed by atoms with Gasteiger partial charge >= 0.3 is 0 Å². The molecule has 0 aliphatic carbocycles. The van der Waals surface area contributed by atoms with Gasteiger partial charge in [-0.05, 0) is 29.3 Å². The number of halogens is 3. The number of nitrogens with zero attached hydrogens (tertiary/aromatic N) is 2. The maximum atomic E-state index is 12.1. The number of aliphatic hydroxyl groups excluding tert-OH is 1. The Labute approximate surface area is 228 Å². The van der Waals surface area contributed by atoms with Crippen molar-refractivity contribution in [2.24, 2.45) is 5.92 Å². The monoisotopic (exact) mass is 567 g/mol. The molecule has 7 nitrogen and oxygen atoms in total. The molecule has 2 heterocycles. The molecule has 0 saturated carbocycles. The largest absolute Gasteiger partial charge is 0.392 e. The number of alkyl halides is 3. The van der Waals surface area contributed by atoms with Gasteiger partial charge in [0.15, 0.2) is 11.4 Å².